The lowest BCUT2D eigenvalue weighted by molar-refractivity contribution is -0.115. The van der Waals surface area contributed by atoms with Crippen LogP contribution in [0.4, 0.5) is 0 Å². The molecular formula is C26H18IN3O5. The number of phenolic OH excluding ortho intramolecular Hbond substituents is 1. The second-order valence-corrected chi connectivity index (χ2v) is 9.85. The van der Waals surface area contributed by atoms with Crippen LogP contribution in [0.2, 0.25) is 0 Å². The number of benzene rings is 2. The number of halogens is 1. The van der Waals surface area contributed by atoms with Crippen molar-refractivity contribution in [2.24, 2.45) is 0 Å². The Labute approximate surface area is 212 Å². The van der Waals surface area contributed by atoms with Crippen molar-refractivity contribution in [1.29, 1.82) is 0 Å². The summed E-state index contributed by atoms with van der Waals surface area (Å²) in [7, 11) is 0. The molecule has 0 spiro atoms. The molecule has 3 aliphatic rings. The topological polar surface area (TPSA) is 103 Å². The number of carbonyl (C=O) groups is 2. The number of hydrogen-bond acceptors (Lipinski definition) is 5. The number of hydrogen-bond donors (Lipinski definition) is 1. The second kappa shape index (κ2) is 7.91. The molecule has 6 rings (SSSR count). The molecule has 1 N–H and O–H groups in total. The number of Topliss-reactive ketones (excluding diaryl/α,β-unsaturated/α-hetero) is 1. The van der Waals surface area contributed by atoms with Crippen LogP contribution >= 0.6 is 22.6 Å². The van der Waals surface area contributed by atoms with E-state index in [0.717, 1.165) is 10.1 Å². The third kappa shape index (κ3) is 3.18. The Bertz CT molecular complexity index is 1650. The van der Waals surface area contributed by atoms with Crippen molar-refractivity contribution >= 4 is 34.2 Å². The van der Waals surface area contributed by atoms with E-state index in [0.29, 0.717) is 26.0 Å². The SMILES string of the molecule is O=C1C=C(I)C(=O)C2=C1CC1C(=CCn3c(=O)n(-c4ccccc4)c(=O)n31)C2c1cccc(O)c1. The summed E-state index contributed by atoms with van der Waals surface area (Å²) in [5.41, 5.74) is 1.61. The van der Waals surface area contributed by atoms with E-state index in [-0.39, 0.29) is 30.3 Å². The molecule has 2 unspecified atom stereocenters. The minimum Gasteiger partial charge on any atom is -0.508 e. The maximum Gasteiger partial charge on any atom is 0.352 e. The highest BCUT2D eigenvalue weighted by Gasteiger charge is 2.45. The number of ketones is 2. The fraction of sp³-hybridized carbons (Fsp3) is 0.154. The van der Waals surface area contributed by atoms with E-state index < -0.39 is 23.3 Å². The van der Waals surface area contributed by atoms with Gasteiger partial charge < -0.3 is 5.11 Å². The Morgan fingerprint density at radius 3 is 2.46 bits per heavy atom. The van der Waals surface area contributed by atoms with Gasteiger partial charge in [-0.15, -0.1) is 0 Å². The molecule has 8 nitrogen and oxygen atoms in total. The number of nitrogens with zero attached hydrogens (tertiary/aromatic N) is 3. The molecule has 2 aromatic carbocycles. The van der Waals surface area contributed by atoms with Crippen LogP contribution in [0.5, 0.6) is 5.75 Å². The zero-order valence-corrected chi connectivity index (χ0v) is 20.4. The van der Waals surface area contributed by atoms with Gasteiger partial charge >= 0.3 is 11.4 Å². The molecule has 0 radical (unpaired) electrons. The zero-order chi connectivity index (χ0) is 24.4. The van der Waals surface area contributed by atoms with Gasteiger partial charge in [0.05, 0.1) is 21.9 Å². The van der Waals surface area contributed by atoms with E-state index in [1.165, 1.54) is 21.5 Å². The Morgan fingerprint density at radius 2 is 1.71 bits per heavy atom. The Kier molecular flexibility index (Phi) is 4.92. The van der Waals surface area contributed by atoms with Crippen LogP contribution in [0.25, 0.3) is 5.69 Å². The number of phenols is 1. The van der Waals surface area contributed by atoms with Crippen LogP contribution in [0.15, 0.2) is 96.6 Å². The predicted molar refractivity (Wildman–Crippen MR) is 136 cm³/mol. The molecule has 35 heavy (non-hydrogen) atoms. The van der Waals surface area contributed by atoms with Gasteiger partial charge in [-0.25, -0.2) is 23.5 Å². The maximum absolute atomic E-state index is 13.6. The monoisotopic (exact) mass is 579 g/mol. The number of allylic oxidation sites excluding steroid dienone is 6. The minimum absolute atomic E-state index is 0.0345. The lowest BCUT2D eigenvalue weighted by Crippen LogP contribution is -2.40. The number of fused-ring (bicyclic) bond motifs is 3. The number of rotatable bonds is 2. The molecule has 2 atom stereocenters. The van der Waals surface area contributed by atoms with Crippen LogP contribution in [-0.4, -0.2) is 30.6 Å². The average molecular weight is 579 g/mol. The first-order valence-electron chi connectivity index (χ1n) is 11.0. The van der Waals surface area contributed by atoms with Gasteiger partial charge in [0.25, 0.3) is 0 Å². The minimum atomic E-state index is -0.624. The third-order valence-electron chi connectivity index (χ3n) is 6.82. The van der Waals surface area contributed by atoms with E-state index in [1.807, 2.05) is 28.7 Å². The average Bonchev–Trinajstić information content (AvgIpc) is 3.11. The molecule has 0 saturated heterocycles. The molecule has 0 bridgehead atoms. The van der Waals surface area contributed by atoms with Crippen LogP contribution in [-0.2, 0) is 16.1 Å². The summed E-state index contributed by atoms with van der Waals surface area (Å²) in [5.74, 6) is -1.10. The summed E-state index contributed by atoms with van der Waals surface area (Å²) in [6, 6.07) is 14.6. The molecule has 0 fully saturated rings. The summed E-state index contributed by atoms with van der Waals surface area (Å²) in [6.07, 6.45) is 3.31. The lowest BCUT2D eigenvalue weighted by Gasteiger charge is -2.39. The van der Waals surface area contributed by atoms with Gasteiger partial charge in [-0.1, -0.05) is 36.4 Å². The quantitative estimate of drug-likeness (QED) is 0.286. The van der Waals surface area contributed by atoms with Crippen molar-refractivity contribution in [3.05, 3.63) is 114 Å². The Hall–Kier alpha value is -3.73. The summed E-state index contributed by atoms with van der Waals surface area (Å²) >= 11 is 1.87. The Morgan fingerprint density at radius 1 is 0.943 bits per heavy atom. The van der Waals surface area contributed by atoms with E-state index in [1.54, 1.807) is 48.5 Å². The van der Waals surface area contributed by atoms with Gasteiger partial charge in [0, 0.05) is 29.6 Å². The fourth-order valence-electron chi connectivity index (χ4n) is 5.35. The number of aromatic nitrogens is 3. The molecule has 174 valence electrons. The van der Waals surface area contributed by atoms with Crippen LogP contribution in [0.3, 0.4) is 0 Å². The maximum atomic E-state index is 13.6. The summed E-state index contributed by atoms with van der Waals surface area (Å²) in [5, 5.41) is 10.2. The highest BCUT2D eigenvalue weighted by atomic mass is 127. The molecule has 1 aromatic heterocycles. The molecule has 1 aliphatic heterocycles. The summed E-state index contributed by atoms with van der Waals surface area (Å²) < 4.78 is 4.24. The second-order valence-electron chi connectivity index (χ2n) is 8.69. The van der Waals surface area contributed by atoms with Crippen LogP contribution < -0.4 is 11.4 Å². The molecule has 9 heteroatoms. The van der Waals surface area contributed by atoms with Crippen molar-refractivity contribution in [1.82, 2.24) is 13.9 Å². The van der Waals surface area contributed by atoms with E-state index in [2.05, 4.69) is 0 Å². The normalized spacial score (nSPS) is 21.2. The third-order valence-corrected chi connectivity index (χ3v) is 7.62. The zero-order valence-electron chi connectivity index (χ0n) is 18.2. The molecule has 2 heterocycles. The smallest absolute Gasteiger partial charge is 0.352 e. The Balaban J connectivity index is 1.60. The van der Waals surface area contributed by atoms with Crippen molar-refractivity contribution in [3.63, 3.8) is 0 Å². The number of aromatic hydroxyl groups is 1. The molecular weight excluding hydrogens is 561 g/mol. The van der Waals surface area contributed by atoms with Gasteiger partial charge in [0.1, 0.15) is 5.75 Å². The number of para-hydroxylation sites is 1. The molecule has 0 amide bonds. The highest BCUT2D eigenvalue weighted by molar-refractivity contribution is 14.1. The largest absolute Gasteiger partial charge is 0.508 e. The first kappa shape index (κ1) is 21.8. The van der Waals surface area contributed by atoms with E-state index >= 15 is 0 Å². The lowest BCUT2D eigenvalue weighted by atomic mass is 9.69. The van der Waals surface area contributed by atoms with Crippen molar-refractivity contribution in [3.8, 4) is 11.4 Å². The summed E-state index contributed by atoms with van der Waals surface area (Å²) in [4.78, 5) is 53.2. The van der Waals surface area contributed by atoms with E-state index in [4.69, 9.17) is 0 Å². The fourth-order valence-corrected chi connectivity index (χ4v) is 5.92. The van der Waals surface area contributed by atoms with Gasteiger partial charge in [-0.2, -0.15) is 0 Å². The van der Waals surface area contributed by atoms with Gasteiger partial charge in [-0.05, 0) is 58.0 Å². The van der Waals surface area contributed by atoms with E-state index in [9.17, 15) is 24.3 Å². The first-order chi connectivity index (χ1) is 16.9. The standard InChI is InChI=1S/C26H18IN3O5/c27-19-13-21(32)18-12-20-17(22(23(18)24(19)33)14-5-4-8-16(31)11-14)9-10-28-25(34)29(26(35)30(20)28)15-6-2-1-3-7-15/h1-9,11,13,20,22,31H,10,12H2. The first-order valence-corrected chi connectivity index (χ1v) is 12.1. The van der Waals surface area contributed by atoms with Crippen molar-refractivity contribution in [2.45, 2.75) is 24.9 Å². The van der Waals surface area contributed by atoms with Crippen molar-refractivity contribution in [2.75, 3.05) is 0 Å². The highest BCUT2D eigenvalue weighted by Crippen LogP contribution is 2.50. The van der Waals surface area contributed by atoms with Gasteiger partial charge in [-0.3, -0.25) is 9.59 Å². The molecule has 2 aliphatic carbocycles. The molecule has 0 saturated carbocycles. The van der Waals surface area contributed by atoms with Gasteiger partial charge in [0.2, 0.25) is 0 Å². The number of carbonyl (C=O) groups excluding carboxylic acids is 2. The van der Waals surface area contributed by atoms with Gasteiger partial charge in [0.15, 0.2) is 11.6 Å². The van der Waals surface area contributed by atoms with Crippen LogP contribution in [0.1, 0.15) is 23.9 Å². The van der Waals surface area contributed by atoms with Crippen LogP contribution in [0, 0.1) is 0 Å². The summed E-state index contributed by atoms with van der Waals surface area (Å²) in [6.45, 7) is 0.146. The molecule has 3 aromatic rings. The predicted octanol–water partition coefficient (Wildman–Crippen LogP) is 2.94. The van der Waals surface area contributed by atoms with Crippen molar-refractivity contribution < 1.29 is 14.7 Å².